The molecule has 1 unspecified atom stereocenters. The lowest BCUT2D eigenvalue weighted by atomic mass is 9.95. The molecule has 0 saturated carbocycles. The van der Waals surface area contributed by atoms with Gasteiger partial charge in [-0.3, -0.25) is 14.9 Å². The van der Waals surface area contributed by atoms with Crippen molar-refractivity contribution in [3.8, 4) is 11.3 Å². The molecule has 1 aromatic heterocycles. The van der Waals surface area contributed by atoms with E-state index in [1.807, 2.05) is 47.8 Å². The van der Waals surface area contributed by atoms with E-state index in [0.717, 1.165) is 16.8 Å². The van der Waals surface area contributed by atoms with Crippen LogP contribution in [0.25, 0.3) is 11.3 Å². The molecule has 1 aliphatic rings. The lowest BCUT2D eigenvalue weighted by Gasteiger charge is -2.34. The van der Waals surface area contributed by atoms with E-state index < -0.39 is 11.5 Å². The number of para-hydroxylation sites is 1. The number of nitrogens with zero attached hydrogens (tertiary/aromatic N) is 2. The van der Waals surface area contributed by atoms with Crippen LogP contribution in [0.3, 0.4) is 0 Å². The molecule has 0 spiro atoms. The number of benzene rings is 2. The summed E-state index contributed by atoms with van der Waals surface area (Å²) in [6, 6.07) is 14.9. The second-order valence-corrected chi connectivity index (χ2v) is 8.30. The van der Waals surface area contributed by atoms with Gasteiger partial charge in [-0.1, -0.05) is 48.0 Å². The number of carbonyl (C=O) groups is 2. The molecule has 29 heavy (non-hydrogen) atoms. The molecule has 0 radical (unpaired) electrons. The zero-order valence-corrected chi connectivity index (χ0v) is 17.1. The molecular weight excluding hydrogens is 410 g/mol. The fourth-order valence-electron chi connectivity index (χ4n) is 3.61. The third kappa shape index (κ3) is 3.59. The van der Waals surface area contributed by atoms with Gasteiger partial charge in [0.05, 0.1) is 5.69 Å². The van der Waals surface area contributed by atoms with E-state index in [4.69, 9.17) is 11.6 Å². The molecule has 0 saturated heterocycles. The highest BCUT2D eigenvalue weighted by molar-refractivity contribution is 7.14. The Morgan fingerprint density at radius 2 is 1.97 bits per heavy atom. The Labute approximate surface area is 176 Å². The maximum absolute atomic E-state index is 13.2. The van der Waals surface area contributed by atoms with Crippen molar-refractivity contribution in [3.05, 3.63) is 64.5 Å². The van der Waals surface area contributed by atoms with Crippen LogP contribution in [0.5, 0.6) is 0 Å². The number of carboxylic acids is 1. The van der Waals surface area contributed by atoms with Crippen LogP contribution in [0.2, 0.25) is 5.02 Å². The van der Waals surface area contributed by atoms with Crippen LogP contribution in [0.15, 0.2) is 53.9 Å². The van der Waals surface area contributed by atoms with Crippen molar-refractivity contribution >= 4 is 45.6 Å². The molecule has 4 rings (SSSR count). The Morgan fingerprint density at radius 3 is 2.72 bits per heavy atom. The first kappa shape index (κ1) is 19.4. The summed E-state index contributed by atoms with van der Waals surface area (Å²) in [5.41, 5.74) is 2.15. The topological polar surface area (TPSA) is 82.5 Å². The monoisotopic (exact) mass is 427 g/mol. The fraction of sp³-hybridized carbons (Fsp3) is 0.190. The normalized spacial score (nSPS) is 17.8. The molecule has 0 bridgehead atoms. The largest absolute Gasteiger partial charge is 0.480 e. The fourth-order valence-corrected chi connectivity index (χ4v) is 4.55. The number of aliphatic carboxylic acids is 1. The highest BCUT2D eigenvalue weighted by atomic mass is 35.5. The van der Waals surface area contributed by atoms with Crippen LogP contribution in [0.1, 0.15) is 12.5 Å². The van der Waals surface area contributed by atoms with Crippen molar-refractivity contribution in [2.45, 2.75) is 18.9 Å². The van der Waals surface area contributed by atoms with Crippen molar-refractivity contribution in [3.63, 3.8) is 0 Å². The predicted octanol–water partition coefficient (Wildman–Crippen LogP) is 4.31. The van der Waals surface area contributed by atoms with E-state index in [-0.39, 0.29) is 12.5 Å². The average Bonchev–Trinajstić information content (AvgIpc) is 3.25. The number of hydrogen-bond donors (Lipinski definition) is 2. The number of carboxylic acid groups (broad SMARTS) is 1. The van der Waals surface area contributed by atoms with Crippen molar-refractivity contribution in [1.82, 2.24) is 4.98 Å². The van der Waals surface area contributed by atoms with E-state index in [2.05, 4.69) is 10.3 Å². The molecule has 148 valence electrons. The Balaban J connectivity index is 1.60. The molecule has 0 aliphatic carbocycles. The maximum atomic E-state index is 13.2. The van der Waals surface area contributed by atoms with Gasteiger partial charge in [0.1, 0.15) is 12.1 Å². The second kappa shape index (κ2) is 7.50. The van der Waals surface area contributed by atoms with Gasteiger partial charge in [0.15, 0.2) is 5.13 Å². The first-order chi connectivity index (χ1) is 13.9. The number of hydrogen-bond acceptors (Lipinski definition) is 5. The van der Waals surface area contributed by atoms with Gasteiger partial charge < -0.3 is 10.0 Å². The van der Waals surface area contributed by atoms with Crippen LogP contribution in [-0.2, 0) is 16.0 Å². The van der Waals surface area contributed by atoms with Crippen LogP contribution in [0.4, 0.5) is 10.8 Å². The van der Waals surface area contributed by atoms with Gasteiger partial charge in [-0.15, -0.1) is 11.3 Å². The zero-order chi connectivity index (χ0) is 20.6. The van der Waals surface area contributed by atoms with Gasteiger partial charge in [0.2, 0.25) is 0 Å². The molecule has 1 aliphatic heterocycles. The molecule has 6 nitrogen and oxygen atoms in total. The highest BCUT2D eigenvalue weighted by Gasteiger charge is 2.46. The molecule has 8 heteroatoms. The zero-order valence-electron chi connectivity index (χ0n) is 15.6. The van der Waals surface area contributed by atoms with Crippen molar-refractivity contribution in [1.29, 1.82) is 0 Å². The van der Waals surface area contributed by atoms with Gasteiger partial charge in [-0.2, -0.15) is 0 Å². The summed E-state index contributed by atoms with van der Waals surface area (Å²) in [4.78, 5) is 30.8. The molecule has 1 amide bonds. The summed E-state index contributed by atoms with van der Waals surface area (Å²) in [5, 5.41) is 15.1. The van der Waals surface area contributed by atoms with E-state index in [0.29, 0.717) is 22.3 Å². The summed E-state index contributed by atoms with van der Waals surface area (Å²) >= 11 is 7.54. The number of rotatable bonds is 5. The lowest BCUT2D eigenvalue weighted by molar-refractivity contribution is -0.135. The van der Waals surface area contributed by atoms with E-state index in [1.54, 1.807) is 17.9 Å². The summed E-state index contributed by atoms with van der Waals surface area (Å²) in [6.07, 6.45) is 0.422. The number of nitrogens with one attached hydrogen (secondary N) is 1. The van der Waals surface area contributed by atoms with Gasteiger partial charge in [-0.05, 0) is 24.6 Å². The van der Waals surface area contributed by atoms with Crippen LogP contribution in [0, 0.1) is 0 Å². The van der Waals surface area contributed by atoms with E-state index >= 15 is 0 Å². The summed E-state index contributed by atoms with van der Waals surface area (Å²) in [5.74, 6) is -1.29. The minimum Gasteiger partial charge on any atom is -0.480 e. The molecule has 0 fully saturated rings. The van der Waals surface area contributed by atoms with Crippen molar-refractivity contribution in [2.24, 2.45) is 0 Å². The van der Waals surface area contributed by atoms with Crippen molar-refractivity contribution in [2.75, 3.05) is 16.8 Å². The highest BCUT2D eigenvalue weighted by Crippen LogP contribution is 2.39. The quantitative estimate of drug-likeness (QED) is 0.634. The molecule has 3 aromatic rings. The SMILES string of the molecule is CC1(C(=O)Nc2nc(-c3ccccc3Cl)cs2)Cc2ccccc2N1CC(=O)O. The number of aromatic nitrogens is 1. The van der Waals surface area contributed by atoms with Gasteiger partial charge >= 0.3 is 5.97 Å². The van der Waals surface area contributed by atoms with Crippen LogP contribution in [-0.4, -0.2) is 34.1 Å². The summed E-state index contributed by atoms with van der Waals surface area (Å²) in [7, 11) is 0. The first-order valence-corrected chi connectivity index (χ1v) is 10.2. The number of carbonyl (C=O) groups excluding carboxylic acids is 1. The number of anilines is 2. The van der Waals surface area contributed by atoms with Gasteiger partial charge in [-0.25, -0.2) is 4.98 Å². The van der Waals surface area contributed by atoms with E-state index in [1.165, 1.54) is 11.3 Å². The van der Waals surface area contributed by atoms with Crippen molar-refractivity contribution < 1.29 is 14.7 Å². The Hall–Kier alpha value is -2.90. The van der Waals surface area contributed by atoms with Gasteiger partial charge in [0, 0.05) is 28.1 Å². The first-order valence-electron chi connectivity index (χ1n) is 8.98. The van der Waals surface area contributed by atoms with Crippen LogP contribution >= 0.6 is 22.9 Å². The van der Waals surface area contributed by atoms with Gasteiger partial charge in [0.25, 0.3) is 5.91 Å². The maximum Gasteiger partial charge on any atom is 0.323 e. The molecule has 2 aromatic carbocycles. The summed E-state index contributed by atoms with van der Waals surface area (Å²) < 4.78 is 0. The molecule has 1 atom stereocenters. The Bertz CT molecular complexity index is 1100. The minimum atomic E-state index is -1.03. The Kier molecular flexibility index (Phi) is 5.02. The second-order valence-electron chi connectivity index (χ2n) is 7.03. The molecular formula is C21H18ClN3O3S. The third-order valence-electron chi connectivity index (χ3n) is 5.07. The Morgan fingerprint density at radius 1 is 1.24 bits per heavy atom. The number of fused-ring (bicyclic) bond motifs is 1. The van der Waals surface area contributed by atoms with E-state index in [9.17, 15) is 14.7 Å². The summed E-state index contributed by atoms with van der Waals surface area (Å²) in [6.45, 7) is 1.50. The average molecular weight is 428 g/mol. The lowest BCUT2D eigenvalue weighted by Crippen LogP contribution is -2.55. The number of thiazole rings is 1. The standard InChI is InChI=1S/C21H18ClN3O3S/c1-21(10-13-6-2-5-9-17(13)25(21)11-18(26)27)19(28)24-20-23-16(12-29-20)14-7-3-4-8-15(14)22/h2-9,12H,10-11H2,1H3,(H,26,27)(H,23,24,28). The van der Waals surface area contributed by atoms with Crippen LogP contribution < -0.4 is 10.2 Å². The molecule has 2 heterocycles. The predicted molar refractivity (Wildman–Crippen MR) is 115 cm³/mol. The number of amides is 1. The third-order valence-corrected chi connectivity index (χ3v) is 6.16. The smallest absolute Gasteiger partial charge is 0.323 e. The minimum absolute atomic E-state index is 0.260. The number of halogens is 1. The molecule has 2 N–H and O–H groups in total.